The van der Waals surface area contributed by atoms with Crippen LogP contribution in [0.4, 0.5) is 0 Å². The van der Waals surface area contributed by atoms with E-state index >= 15 is 0 Å². The van der Waals surface area contributed by atoms with Crippen molar-refractivity contribution in [3.63, 3.8) is 0 Å². The lowest BCUT2D eigenvalue weighted by molar-refractivity contribution is -0.0928. The molecule has 1 fully saturated rings. The summed E-state index contributed by atoms with van der Waals surface area (Å²) < 4.78 is 6.35. The monoisotopic (exact) mass is 368 g/mol. The minimum Gasteiger partial charge on any atom is -0.420 e. The average molecular weight is 369 g/mol. The number of hydrogen-bond acceptors (Lipinski definition) is 1. The molecular weight excluding hydrogens is 320 g/mol. The molecule has 1 atom stereocenters. The summed E-state index contributed by atoms with van der Waals surface area (Å²) in [4.78, 5) is 0. The van der Waals surface area contributed by atoms with E-state index in [0.717, 1.165) is 5.92 Å². The summed E-state index contributed by atoms with van der Waals surface area (Å²) in [6.07, 6.45) is 7.00. The molecule has 0 aromatic heterocycles. The molecular formula is C23H48OSi. The maximum atomic E-state index is 6.35. The van der Waals surface area contributed by atoms with Crippen LogP contribution in [0.15, 0.2) is 0 Å². The third-order valence-corrected chi connectivity index (χ3v) is 14.7. The van der Waals surface area contributed by atoms with Crippen LogP contribution in [0.2, 0.25) is 18.1 Å². The molecule has 0 heterocycles. The smallest absolute Gasteiger partial charge is 0.192 e. The SMILES string of the molecule is CO[Si](C)(C)C(C)(C1CCCCC1)C(C)(C)C(C)(C)C(C)(C)C(C)C. The molecule has 0 saturated heterocycles. The highest BCUT2D eigenvalue weighted by molar-refractivity contribution is 6.74. The standard InChI is InChI=1S/C23H48OSi/c1-18(2)20(3,4)21(5,6)22(7,8)23(9,25(11,12)24-10)19-16-14-13-15-17-19/h18-19H,13-17H2,1-12H3. The normalized spacial score (nSPS) is 21.5. The summed E-state index contributed by atoms with van der Waals surface area (Å²) in [6, 6.07) is 0. The molecule has 1 saturated carbocycles. The van der Waals surface area contributed by atoms with Gasteiger partial charge in [0.05, 0.1) is 0 Å². The van der Waals surface area contributed by atoms with Gasteiger partial charge < -0.3 is 4.43 Å². The summed E-state index contributed by atoms with van der Waals surface area (Å²) in [5, 5.41) is 0.255. The van der Waals surface area contributed by atoms with Gasteiger partial charge >= 0.3 is 0 Å². The topological polar surface area (TPSA) is 9.23 Å². The van der Waals surface area contributed by atoms with Crippen molar-refractivity contribution in [2.45, 2.75) is 113 Å². The van der Waals surface area contributed by atoms with Crippen molar-refractivity contribution in [1.29, 1.82) is 0 Å². The van der Waals surface area contributed by atoms with Crippen LogP contribution < -0.4 is 0 Å². The molecule has 0 amide bonds. The van der Waals surface area contributed by atoms with Crippen LogP contribution in [0.25, 0.3) is 0 Å². The van der Waals surface area contributed by atoms with Crippen LogP contribution in [0, 0.1) is 28.1 Å². The molecule has 1 rings (SSSR count). The van der Waals surface area contributed by atoms with Crippen molar-refractivity contribution in [3.05, 3.63) is 0 Å². The first kappa shape index (κ1) is 23.2. The minimum atomic E-state index is -1.88. The van der Waals surface area contributed by atoms with E-state index in [1.54, 1.807) is 0 Å². The van der Waals surface area contributed by atoms with E-state index in [-0.39, 0.29) is 21.3 Å². The van der Waals surface area contributed by atoms with Gasteiger partial charge in [0.25, 0.3) is 0 Å². The van der Waals surface area contributed by atoms with Gasteiger partial charge in [0.2, 0.25) is 0 Å². The van der Waals surface area contributed by atoms with Crippen LogP contribution in [0.3, 0.4) is 0 Å². The molecule has 1 unspecified atom stereocenters. The Hall–Kier alpha value is 0.177. The fourth-order valence-electron chi connectivity index (χ4n) is 5.82. The second kappa shape index (κ2) is 7.30. The summed E-state index contributed by atoms with van der Waals surface area (Å²) >= 11 is 0. The molecule has 0 aliphatic heterocycles. The predicted molar refractivity (Wildman–Crippen MR) is 116 cm³/mol. The van der Waals surface area contributed by atoms with Crippen molar-refractivity contribution in [2.24, 2.45) is 28.1 Å². The molecule has 2 heteroatoms. The molecule has 0 N–H and O–H groups in total. The minimum absolute atomic E-state index is 0.196. The Labute approximate surface area is 160 Å². The zero-order valence-corrected chi connectivity index (χ0v) is 20.6. The summed E-state index contributed by atoms with van der Waals surface area (Å²) in [7, 11) is 0.0990. The van der Waals surface area contributed by atoms with Crippen LogP contribution in [0.5, 0.6) is 0 Å². The van der Waals surface area contributed by atoms with E-state index in [9.17, 15) is 0 Å². The Morgan fingerprint density at radius 1 is 0.800 bits per heavy atom. The third-order valence-electron chi connectivity index (χ3n) is 10.1. The molecule has 0 aromatic rings. The Morgan fingerprint density at radius 2 is 1.24 bits per heavy atom. The highest BCUT2D eigenvalue weighted by Gasteiger charge is 2.64. The lowest BCUT2D eigenvalue weighted by Crippen LogP contribution is -2.62. The first-order valence-corrected chi connectivity index (χ1v) is 13.6. The first-order valence-electron chi connectivity index (χ1n) is 10.7. The van der Waals surface area contributed by atoms with Crippen LogP contribution in [-0.4, -0.2) is 15.4 Å². The summed E-state index contributed by atoms with van der Waals surface area (Å²) in [5.74, 6) is 1.45. The fourth-order valence-corrected chi connectivity index (χ4v) is 9.34. The van der Waals surface area contributed by atoms with Crippen LogP contribution in [0.1, 0.15) is 94.4 Å². The molecule has 0 bridgehead atoms. The lowest BCUT2D eigenvalue weighted by Gasteiger charge is -2.66. The molecule has 0 spiro atoms. The van der Waals surface area contributed by atoms with Gasteiger partial charge in [0.1, 0.15) is 0 Å². The van der Waals surface area contributed by atoms with Crippen LogP contribution in [-0.2, 0) is 4.43 Å². The van der Waals surface area contributed by atoms with Gasteiger partial charge in [-0.2, -0.15) is 0 Å². The Morgan fingerprint density at radius 3 is 1.60 bits per heavy atom. The van der Waals surface area contributed by atoms with Gasteiger partial charge in [0.15, 0.2) is 8.32 Å². The summed E-state index contributed by atoms with van der Waals surface area (Å²) in [5.41, 5.74) is 0.676. The van der Waals surface area contributed by atoms with Gasteiger partial charge in [-0.05, 0) is 46.2 Å². The molecule has 1 aliphatic carbocycles. The van der Waals surface area contributed by atoms with Crippen molar-refractivity contribution in [3.8, 4) is 0 Å². The lowest BCUT2D eigenvalue weighted by atomic mass is 9.46. The zero-order chi connectivity index (χ0) is 19.9. The van der Waals surface area contributed by atoms with Gasteiger partial charge in [-0.15, -0.1) is 0 Å². The maximum absolute atomic E-state index is 6.35. The van der Waals surface area contributed by atoms with Crippen molar-refractivity contribution >= 4 is 8.32 Å². The van der Waals surface area contributed by atoms with Crippen molar-refractivity contribution in [2.75, 3.05) is 7.11 Å². The van der Waals surface area contributed by atoms with E-state index in [4.69, 9.17) is 4.43 Å². The molecule has 25 heavy (non-hydrogen) atoms. The van der Waals surface area contributed by atoms with Gasteiger partial charge in [0, 0.05) is 7.11 Å². The number of hydrogen-bond donors (Lipinski definition) is 0. The highest BCUT2D eigenvalue weighted by Crippen LogP contribution is 2.70. The molecule has 150 valence electrons. The fraction of sp³-hybridized carbons (Fsp3) is 1.00. The van der Waals surface area contributed by atoms with Crippen molar-refractivity contribution < 1.29 is 4.43 Å². The van der Waals surface area contributed by atoms with Gasteiger partial charge in [-0.1, -0.05) is 94.4 Å². The van der Waals surface area contributed by atoms with E-state index < -0.39 is 8.32 Å². The maximum Gasteiger partial charge on any atom is 0.192 e. The second-order valence-corrected chi connectivity index (χ2v) is 15.8. The van der Waals surface area contributed by atoms with Crippen molar-refractivity contribution in [1.82, 2.24) is 0 Å². The molecule has 0 aromatic carbocycles. The Balaban J connectivity index is 3.56. The first-order chi connectivity index (χ1) is 11.1. The van der Waals surface area contributed by atoms with E-state index in [0.29, 0.717) is 5.92 Å². The van der Waals surface area contributed by atoms with Gasteiger partial charge in [-0.3, -0.25) is 0 Å². The zero-order valence-electron chi connectivity index (χ0n) is 19.6. The molecule has 0 radical (unpaired) electrons. The average Bonchev–Trinajstić information content (AvgIpc) is 2.53. The second-order valence-electron chi connectivity index (χ2n) is 11.4. The van der Waals surface area contributed by atoms with E-state index in [1.165, 1.54) is 32.1 Å². The molecule has 1 aliphatic rings. The van der Waals surface area contributed by atoms with E-state index in [1.807, 2.05) is 7.11 Å². The summed E-state index contributed by atoms with van der Waals surface area (Å²) in [6.45, 7) is 27.5. The Kier molecular flexibility index (Phi) is 6.78. The van der Waals surface area contributed by atoms with E-state index in [2.05, 4.69) is 75.4 Å². The Bertz CT molecular complexity index is 441. The number of rotatable bonds is 7. The van der Waals surface area contributed by atoms with Crippen LogP contribution >= 0.6 is 0 Å². The largest absolute Gasteiger partial charge is 0.420 e. The predicted octanol–water partition coefficient (Wildman–Crippen LogP) is 7.91. The highest BCUT2D eigenvalue weighted by atomic mass is 28.4. The quantitative estimate of drug-likeness (QED) is 0.415. The molecule has 1 nitrogen and oxygen atoms in total. The third kappa shape index (κ3) is 3.40. The van der Waals surface area contributed by atoms with Gasteiger partial charge in [-0.25, -0.2) is 0 Å².